The van der Waals surface area contributed by atoms with Crippen molar-refractivity contribution in [1.82, 2.24) is 9.97 Å². The van der Waals surface area contributed by atoms with Crippen LogP contribution >= 0.6 is 0 Å². The van der Waals surface area contributed by atoms with Gasteiger partial charge in [-0.2, -0.15) is 0 Å². The molecule has 0 saturated carbocycles. The zero-order chi connectivity index (χ0) is 20.5. The SMILES string of the molecule is COc1cc2c(cc1NC(=O)COc1ncnc3ccccc13)oc1ccccc12. The minimum atomic E-state index is -0.341. The molecule has 1 N–H and O–H groups in total. The lowest BCUT2D eigenvalue weighted by Gasteiger charge is -2.11. The number of carbonyl (C=O) groups excluding carboxylic acids is 1. The van der Waals surface area contributed by atoms with Crippen molar-refractivity contribution in [2.45, 2.75) is 0 Å². The van der Waals surface area contributed by atoms with Gasteiger partial charge in [-0.3, -0.25) is 4.79 Å². The lowest BCUT2D eigenvalue weighted by Crippen LogP contribution is -2.21. The second kappa shape index (κ2) is 7.36. The molecule has 0 radical (unpaired) electrons. The Balaban J connectivity index is 1.39. The topological polar surface area (TPSA) is 86.5 Å². The third-order valence-electron chi connectivity index (χ3n) is 4.82. The van der Waals surface area contributed by atoms with Gasteiger partial charge in [0.1, 0.15) is 23.2 Å². The van der Waals surface area contributed by atoms with Crippen LogP contribution in [0.25, 0.3) is 32.8 Å². The molecule has 148 valence electrons. The Morgan fingerprint density at radius 2 is 1.77 bits per heavy atom. The fourth-order valence-corrected chi connectivity index (χ4v) is 3.43. The zero-order valence-electron chi connectivity index (χ0n) is 16.1. The average Bonchev–Trinajstić information content (AvgIpc) is 3.14. The van der Waals surface area contributed by atoms with Crippen LogP contribution in [0, 0.1) is 0 Å². The molecule has 0 saturated heterocycles. The molecular formula is C23H17N3O4. The first-order valence-corrected chi connectivity index (χ1v) is 9.34. The summed E-state index contributed by atoms with van der Waals surface area (Å²) in [5.74, 6) is 0.553. The van der Waals surface area contributed by atoms with Crippen molar-refractivity contribution < 1.29 is 18.7 Å². The summed E-state index contributed by atoms with van der Waals surface area (Å²) in [4.78, 5) is 20.9. The number of rotatable bonds is 5. The molecule has 0 atom stereocenters. The summed E-state index contributed by atoms with van der Waals surface area (Å²) in [7, 11) is 1.56. The number of nitrogens with one attached hydrogen (secondary N) is 1. The number of nitrogens with zero attached hydrogens (tertiary/aromatic N) is 2. The molecule has 0 bridgehead atoms. The van der Waals surface area contributed by atoms with Crippen molar-refractivity contribution in [3.63, 3.8) is 0 Å². The van der Waals surface area contributed by atoms with Crippen LogP contribution in [0.15, 0.2) is 71.4 Å². The van der Waals surface area contributed by atoms with Gasteiger partial charge in [0, 0.05) is 16.8 Å². The number of fused-ring (bicyclic) bond motifs is 4. The van der Waals surface area contributed by atoms with E-state index in [1.54, 1.807) is 13.2 Å². The van der Waals surface area contributed by atoms with Gasteiger partial charge < -0.3 is 19.2 Å². The number of carbonyl (C=O) groups is 1. The maximum atomic E-state index is 12.5. The smallest absolute Gasteiger partial charge is 0.262 e. The lowest BCUT2D eigenvalue weighted by atomic mass is 10.1. The summed E-state index contributed by atoms with van der Waals surface area (Å²) < 4.78 is 17.0. The van der Waals surface area contributed by atoms with Crippen molar-refractivity contribution in [3.8, 4) is 11.6 Å². The van der Waals surface area contributed by atoms with E-state index in [2.05, 4.69) is 15.3 Å². The maximum absolute atomic E-state index is 12.5. The Morgan fingerprint density at radius 1 is 0.967 bits per heavy atom. The number of hydrogen-bond acceptors (Lipinski definition) is 6. The fraction of sp³-hybridized carbons (Fsp3) is 0.0870. The van der Waals surface area contributed by atoms with Crippen LogP contribution in [0.3, 0.4) is 0 Å². The Labute approximate surface area is 171 Å². The number of para-hydroxylation sites is 2. The van der Waals surface area contributed by atoms with Crippen molar-refractivity contribution >= 4 is 44.4 Å². The minimum absolute atomic E-state index is 0.206. The summed E-state index contributed by atoms with van der Waals surface area (Å²) in [5.41, 5.74) is 2.69. The second-order valence-corrected chi connectivity index (χ2v) is 6.68. The van der Waals surface area contributed by atoms with Crippen LogP contribution in [-0.4, -0.2) is 29.6 Å². The first-order chi connectivity index (χ1) is 14.7. The molecule has 7 heteroatoms. The van der Waals surface area contributed by atoms with Crippen LogP contribution < -0.4 is 14.8 Å². The van der Waals surface area contributed by atoms with Gasteiger partial charge in [0.2, 0.25) is 5.88 Å². The van der Waals surface area contributed by atoms with Crippen LogP contribution in [0.1, 0.15) is 0 Å². The van der Waals surface area contributed by atoms with Crippen LogP contribution in [0.2, 0.25) is 0 Å². The summed E-state index contributed by atoms with van der Waals surface area (Å²) in [6, 6.07) is 18.8. The molecule has 5 aromatic rings. The highest BCUT2D eigenvalue weighted by Gasteiger charge is 2.15. The zero-order valence-corrected chi connectivity index (χ0v) is 16.1. The van der Waals surface area contributed by atoms with Crippen molar-refractivity contribution in [3.05, 3.63) is 67.0 Å². The molecule has 30 heavy (non-hydrogen) atoms. The van der Waals surface area contributed by atoms with Gasteiger partial charge in [-0.1, -0.05) is 30.3 Å². The van der Waals surface area contributed by atoms with Gasteiger partial charge >= 0.3 is 0 Å². The Bertz CT molecular complexity index is 1390. The quantitative estimate of drug-likeness (QED) is 0.466. The van der Waals surface area contributed by atoms with E-state index >= 15 is 0 Å². The average molecular weight is 399 g/mol. The number of hydrogen-bond donors (Lipinski definition) is 1. The summed E-state index contributed by atoms with van der Waals surface area (Å²) in [5, 5.41) is 5.48. The lowest BCUT2D eigenvalue weighted by molar-refractivity contribution is -0.118. The van der Waals surface area contributed by atoms with E-state index in [-0.39, 0.29) is 12.5 Å². The monoisotopic (exact) mass is 399 g/mol. The molecule has 5 rings (SSSR count). The molecule has 0 aliphatic heterocycles. The molecule has 2 heterocycles. The number of amides is 1. The highest BCUT2D eigenvalue weighted by molar-refractivity contribution is 6.07. The molecule has 3 aromatic carbocycles. The summed E-state index contributed by atoms with van der Waals surface area (Å²) >= 11 is 0. The van der Waals surface area contributed by atoms with Gasteiger partial charge in [-0.25, -0.2) is 9.97 Å². The molecule has 1 amide bonds. The normalized spacial score (nSPS) is 11.1. The van der Waals surface area contributed by atoms with E-state index in [1.807, 2.05) is 54.6 Å². The number of ether oxygens (including phenoxy) is 2. The molecular weight excluding hydrogens is 382 g/mol. The largest absolute Gasteiger partial charge is 0.495 e. The number of aromatic nitrogens is 2. The first-order valence-electron chi connectivity index (χ1n) is 9.34. The van der Waals surface area contributed by atoms with E-state index in [0.29, 0.717) is 22.9 Å². The number of benzene rings is 3. The second-order valence-electron chi connectivity index (χ2n) is 6.68. The first kappa shape index (κ1) is 17.9. The molecule has 0 aliphatic rings. The van der Waals surface area contributed by atoms with Crippen LogP contribution in [0.5, 0.6) is 11.6 Å². The van der Waals surface area contributed by atoms with Crippen molar-refractivity contribution in [2.24, 2.45) is 0 Å². The molecule has 7 nitrogen and oxygen atoms in total. The van der Waals surface area contributed by atoms with Gasteiger partial charge in [0.15, 0.2) is 6.61 Å². The molecule has 0 aliphatic carbocycles. The van der Waals surface area contributed by atoms with E-state index in [4.69, 9.17) is 13.9 Å². The Morgan fingerprint density at radius 3 is 2.63 bits per heavy atom. The van der Waals surface area contributed by atoms with Crippen molar-refractivity contribution in [1.29, 1.82) is 0 Å². The third kappa shape index (κ3) is 3.16. The highest BCUT2D eigenvalue weighted by Crippen LogP contribution is 2.36. The maximum Gasteiger partial charge on any atom is 0.262 e. The minimum Gasteiger partial charge on any atom is -0.495 e. The van der Waals surface area contributed by atoms with E-state index < -0.39 is 0 Å². The van der Waals surface area contributed by atoms with Gasteiger partial charge in [-0.05, 0) is 24.3 Å². The van der Waals surface area contributed by atoms with E-state index in [1.165, 1.54) is 6.33 Å². The Hall–Kier alpha value is -4.13. The van der Waals surface area contributed by atoms with Gasteiger partial charge in [0.05, 0.1) is 23.7 Å². The van der Waals surface area contributed by atoms with Crippen LogP contribution in [-0.2, 0) is 4.79 Å². The predicted molar refractivity (Wildman–Crippen MR) is 114 cm³/mol. The summed E-state index contributed by atoms with van der Waals surface area (Å²) in [6.07, 6.45) is 1.41. The third-order valence-corrected chi connectivity index (χ3v) is 4.82. The van der Waals surface area contributed by atoms with Gasteiger partial charge in [-0.15, -0.1) is 0 Å². The summed E-state index contributed by atoms with van der Waals surface area (Å²) in [6.45, 7) is -0.206. The van der Waals surface area contributed by atoms with Gasteiger partial charge in [0.25, 0.3) is 5.91 Å². The number of anilines is 1. The van der Waals surface area contributed by atoms with Crippen LogP contribution in [0.4, 0.5) is 5.69 Å². The van der Waals surface area contributed by atoms with Crippen molar-refractivity contribution in [2.75, 3.05) is 19.0 Å². The fourth-order valence-electron chi connectivity index (χ4n) is 3.43. The predicted octanol–water partition coefficient (Wildman–Crippen LogP) is 4.56. The molecule has 2 aromatic heterocycles. The molecule has 0 unspecified atom stereocenters. The number of furan rings is 1. The molecule has 0 spiro atoms. The Kier molecular flexibility index (Phi) is 4.40. The standard InChI is InChI=1S/C23H17N3O4/c1-28-21-10-16-14-6-3-5-9-19(14)30-20(16)11-18(21)26-22(27)12-29-23-15-7-2-4-8-17(15)24-13-25-23/h2-11,13H,12H2,1H3,(H,26,27). The van der Waals surface area contributed by atoms with E-state index in [9.17, 15) is 4.79 Å². The molecule has 0 fully saturated rings. The van der Waals surface area contributed by atoms with E-state index in [0.717, 1.165) is 27.3 Å². The highest BCUT2D eigenvalue weighted by atomic mass is 16.5. The number of methoxy groups -OCH3 is 1.